The largest absolute Gasteiger partial charge is 0.481 e. The molecule has 0 aliphatic heterocycles. The van der Waals surface area contributed by atoms with E-state index in [9.17, 15) is 4.79 Å². The summed E-state index contributed by atoms with van der Waals surface area (Å²) in [6.07, 6.45) is 5.43. The molecule has 0 bridgehead atoms. The summed E-state index contributed by atoms with van der Waals surface area (Å²) in [5.74, 6) is -1.03. The molecule has 0 saturated heterocycles. The molecule has 0 aliphatic carbocycles. The smallest absolute Gasteiger partial charge is 0.306 e. The summed E-state index contributed by atoms with van der Waals surface area (Å²) in [4.78, 5) is 10.8. The highest BCUT2D eigenvalue weighted by molar-refractivity contribution is 5.69. The molecular weight excluding hydrogens is 212 g/mol. The molecule has 2 heteroatoms. The molecule has 1 unspecified atom stereocenters. The lowest BCUT2D eigenvalue weighted by Gasteiger charge is -2.08. The van der Waals surface area contributed by atoms with Crippen LogP contribution < -0.4 is 0 Å². The second-order valence-corrected chi connectivity index (χ2v) is 4.72. The van der Waals surface area contributed by atoms with E-state index in [0.717, 1.165) is 12.0 Å². The van der Waals surface area contributed by atoms with Gasteiger partial charge in [0.25, 0.3) is 0 Å². The summed E-state index contributed by atoms with van der Waals surface area (Å²) in [5.41, 5.74) is 2.46. The van der Waals surface area contributed by atoms with Crippen molar-refractivity contribution in [1.82, 2.24) is 0 Å². The molecule has 1 aromatic rings. The van der Waals surface area contributed by atoms with Crippen molar-refractivity contribution < 1.29 is 9.90 Å². The second kappa shape index (κ2) is 7.10. The van der Waals surface area contributed by atoms with E-state index in [0.29, 0.717) is 6.42 Å². The zero-order chi connectivity index (χ0) is 12.7. The molecule has 0 aliphatic rings. The van der Waals surface area contributed by atoms with Crippen molar-refractivity contribution >= 4 is 5.97 Å². The fourth-order valence-electron chi connectivity index (χ4n) is 1.93. The molecule has 0 radical (unpaired) electrons. The Morgan fingerprint density at radius 1 is 1.29 bits per heavy atom. The topological polar surface area (TPSA) is 37.3 Å². The molecule has 17 heavy (non-hydrogen) atoms. The average molecular weight is 234 g/mol. The summed E-state index contributed by atoms with van der Waals surface area (Å²) in [5, 5.41) is 8.89. The Balaban J connectivity index is 2.56. The number of carbonyl (C=O) groups is 1. The Morgan fingerprint density at radius 3 is 2.65 bits per heavy atom. The Bertz CT molecular complexity index is 358. The molecule has 1 N–H and O–H groups in total. The van der Waals surface area contributed by atoms with Gasteiger partial charge in [0, 0.05) is 0 Å². The maximum atomic E-state index is 10.8. The van der Waals surface area contributed by atoms with Crippen LogP contribution in [0, 0.1) is 5.92 Å². The third kappa shape index (κ3) is 5.03. The first-order chi connectivity index (χ1) is 8.13. The molecule has 0 saturated carbocycles. The standard InChI is InChI=1S/C15H22O2/c1-3-4-5-7-13-8-6-9-14(11-13)10-12(2)15(16)17/h6,8-9,11-12H,3-5,7,10H2,1-2H3,(H,16,17). The summed E-state index contributed by atoms with van der Waals surface area (Å²) >= 11 is 0. The molecule has 1 rings (SSSR count). The summed E-state index contributed by atoms with van der Waals surface area (Å²) < 4.78 is 0. The van der Waals surface area contributed by atoms with Crippen LogP contribution >= 0.6 is 0 Å². The van der Waals surface area contributed by atoms with Crippen molar-refractivity contribution in [3.05, 3.63) is 35.4 Å². The third-order valence-electron chi connectivity index (χ3n) is 3.02. The van der Waals surface area contributed by atoms with Crippen LogP contribution in [0.2, 0.25) is 0 Å². The van der Waals surface area contributed by atoms with E-state index < -0.39 is 5.97 Å². The van der Waals surface area contributed by atoms with Gasteiger partial charge in [-0.1, -0.05) is 51.0 Å². The number of benzene rings is 1. The van der Waals surface area contributed by atoms with Crippen LogP contribution in [0.4, 0.5) is 0 Å². The Labute approximate surface area is 104 Å². The SMILES string of the molecule is CCCCCc1cccc(CC(C)C(=O)O)c1. The van der Waals surface area contributed by atoms with E-state index in [1.807, 2.05) is 12.1 Å². The maximum absolute atomic E-state index is 10.8. The minimum atomic E-state index is -0.721. The summed E-state index contributed by atoms with van der Waals surface area (Å²) in [7, 11) is 0. The van der Waals surface area contributed by atoms with E-state index in [1.165, 1.54) is 24.8 Å². The van der Waals surface area contributed by atoms with Crippen LogP contribution in [0.15, 0.2) is 24.3 Å². The molecule has 0 fully saturated rings. The van der Waals surface area contributed by atoms with E-state index in [-0.39, 0.29) is 5.92 Å². The first-order valence-corrected chi connectivity index (χ1v) is 6.44. The van der Waals surface area contributed by atoms with Crippen molar-refractivity contribution in [2.75, 3.05) is 0 Å². The van der Waals surface area contributed by atoms with Gasteiger partial charge in [-0.05, 0) is 30.4 Å². The number of carboxylic acid groups (broad SMARTS) is 1. The highest BCUT2D eigenvalue weighted by Gasteiger charge is 2.11. The fraction of sp³-hybridized carbons (Fsp3) is 0.533. The van der Waals surface area contributed by atoms with Gasteiger partial charge in [0.15, 0.2) is 0 Å². The van der Waals surface area contributed by atoms with Gasteiger partial charge in [-0.2, -0.15) is 0 Å². The van der Waals surface area contributed by atoms with Gasteiger partial charge >= 0.3 is 5.97 Å². The predicted octanol–water partition coefficient (Wildman–Crippen LogP) is 3.68. The third-order valence-corrected chi connectivity index (χ3v) is 3.02. The first-order valence-electron chi connectivity index (χ1n) is 6.44. The van der Waals surface area contributed by atoms with E-state index >= 15 is 0 Å². The zero-order valence-corrected chi connectivity index (χ0v) is 10.8. The van der Waals surface area contributed by atoms with Gasteiger partial charge < -0.3 is 5.11 Å². The molecular formula is C15H22O2. The lowest BCUT2D eigenvalue weighted by molar-refractivity contribution is -0.141. The van der Waals surface area contributed by atoms with Crippen molar-refractivity contribution in [2.45, 2.75) is 46.0 Å². The van der Waals surface area contributed by atoms with Gasteiger partial charge in [-0.3, -0.25) is 4.79 Å². The maximum Gasteiger partial charge on any atom is 0.306 e. The Kier molecular flexibility index (Phi) is 5.75. The van der Waals surface area contributed by atoms with Gasteiger partial charge in [0.05, 0.1) is 5.92 Å². The molecule has 1 atom stereocenters. The van der Waals surface area contributed by atoms with Gasteiger partial charge in [0.1, 0.15) is 0 Å². The first kappa shape index (κ1) is 13.8. The Hall–Kier alpha value is -1.31. The van der Waals surface area contributed by atoms with Crippen LogP contribution in [0.1, 0.15) is 44.2 Å². The van der Waals surface area contributed by atoms with Crippen molar-refractivity contribution in [3.63, 3.8) is 0 Å². The number of hydrogen-bond acceptors (Lipinski definition) is 1. The number of aryl methyl sites for hydroxylation is 1. The minimum absolute atomic E-state index is 0.305. The molecule has 0 amide bonds. The normalized spacial score (nSPS) is 12.4. The van der Waals surface area contributed by atoms with Crippen molar-refractivity contribution in [1.29, 1.82) is 0 Å². The second-order valence-electron chi connectivity index (χ2n) is 4.72. The quantitative estimate of drug-likeness (QED) is 0.731. The van der Waals surface area contributed by atoms with Gasteiger partial charge in [-0.25, -0.2) is 0 Å². The minimum Gasteiger partial charge on any atom is -0.481 e. The summed E-state index contributed by atoms with van der Waals surface area (Å²) in [6.45, 7) is 3.96. The molecule has 2 nitrogen and oxygen atoms in total. The molecule has 94 valence electrons. The van der Waals surface area contributed by atoms with Crippen molar-refractivity contribution in [2.24, 2.45) is 5.92 Å². The lowest BCUT2D eigenvalue weighted by Crippen LogP contribution is -2.12. The highest BCUT2D eigenvalue weighted by Crippen LogP contribution is 2.13. The number of carboxylic acids is 1. The predicted molar refractivity (Wildman–Crippen MR) is 70.2 cm³/mol. The van der Waals surface area contributed by atoms with Crippen molar-refractivity contribution in [3.8, 4) is 0 Å². The molecule has 0 aromatic heterocycles. The number of unbranched alkanes of at least 4 members (excludes halogenated alkanes) is 2. The van der Waals surface area contributed by atoms with E-state index in [4.69, 9.17) is 5.11 Å². The number of aliphatic carboxylic acids is 1. The van der Waals surface area contributed by atoms with Gasteiger partial charge in [-0.15, -0.1) is 0 Å². The van der Waals surface area contributed by atoms with Crippen LogP contribution in [-0.2, 0) is 17.6 Å². The zero-order valence-electron chi connectivity index (χ0n) is 10.8. The van der Waals surface area contributed by atoms with Crippen LogP contribution in [-0.4, -0.2) is 11.1 Å². The molecule has 1 aromatic carbocycles. The van der Waals surface area contributed by atoms with Crippen LogP contribution in [0.25, 0.3) is 0 Å². The van der Waals surface area contributed by atoms with Crippen LogP contribution in [0.5, 0.6) is 0 Å². The highest BCUT2D eigenvalue weighted by atomic mass is 16.4. The number of hydrogen-bond donors (Lipinski definition) is 1. The average Bonchev–Trinajstić information content (AvgIpc) is 2.30. The molecule has 0 spiro atoms. The van der Waals surface area contributed by atoms with Crippen LogP contribution in [0.3, 0.4) is 0 Å². The van der Waals surface area contributed by atoms with Gasteiger partial charge in [0.2, 0.25) is 0 Å². The molecule has 0 heterocycles. The lowest BCUT2D eigenvalue weighted by atomic mass is 9.98. The Morgan fingerprint density at radius 2 is 2.00 bits per heavy atom. The van der Waals surface area contributed by atoms with E-state index in [1.54, 1.807) is 6.92 Å². The summed E-state index contributed by atoms with van der Waals surface area (Å²) in [6, 6.07) is 8.33. The van der Waals surface area contributed by atoms with E-state index in [2.05, 4.69) is 19.1 Å². The number of rotatable bonds is 7. The fourth-order valence-corrected chi connectivity index (χ4v) is 1.93. The monoisotopic (exact) mass is 234 g/mol.